The van der Waals surface area contributed by atoms with Gasteiger partial charge in [-0.05, 0) is 88.7 Å². The van der Waals surface area contributed by atoms with Gasteiger partial charge in [0.1, 0.15) is 11.9 Å². The van der Waals surface area contributed by atoms with Crippen molar-refractivity contribution < 1.29 is 27.8 Å². The molecular weight excluding hydrogens is 533 g/mol. The number of hydrogen-bond acceptors (Lipinski definition) is 6. The van der Waals surface area contributed by atoms with Gasteiger partial charge in [0.15, 0.2) is 11.6 Å². The number of benzene rings is 1. The molecule has 2 atom stereocenters. The van der Waals surface area contributed by atoms with Crippen molar-refractivity contribution in [3.05, 3.63) is 52.5 Å². The molecule has 224 valence electrons. The maximum atomic E-state index is 14.9. The molecule has 1 aliphatic carbocycles. The number of anilines is 1. The predicted octanol–water partition coefficient (Wildman–Crippen LogP) is 5.63. The number of aryl methyl sites for hydroxylation is 2. The number of likely N-dealkylation sites (tertiary alicyclic amines) is 1. The third-order valence-electron chi connectivity index (χ3n) is 8.86. The van der Waals surface area contributed by atoms with Crippen LogP contribution in [0.5, 0.6) is 5.75 Å². The molecule has 10 heteroatoms. The second-order valence-corrected chi connectivity index (χ2v) is 11.8. The largest absolute Gasteiger partial charge is 0.493 e. The van der Waals surface area contributed by atoms with E-state index >= 15 is 0 Å². The average Bonchev–Trinajstić information content (AvgIpc) is 3.71. The number of carboxylic acids is 1. The van der Waals surface area contributed by atoms with Crippen molar-refractivity contribution in [2.45, 2.75) is 75.8 Å². The van der Waals surface area contributed by atoms with Crippen LogP contribution in [-0.4, -0.2) is 72.2 Å². The Labute approximate surface area is 240 Å². The van der Waals surface area contributed by atoms with Crippen molar-refractivity contribution in [2.24, 2.45) is 5.92 Å². The highest BCUT2D eigenvalue weighted by atomic mass is 19.3. The molecule has 1 aromatic carbocycles. The molecule has 0 spiro atoms. The lowest BCUT2D eigenvalue weighted by Crippen LogP contribution is -2.38. The fourth-order valence-corrected chi connectivity index (χ4v) is 6.29. The van der Waals surface area contributed by atoms with Crippen molar-refractivity contribution in [1.29, 1.82) is 0 Å². The van der Waals surface area contributed by atoms with Gasteiger partial charge in [-0.1, -0.05) is 12.5 Å². The van der Waals surface area contributed by atoms with E-state index in [2.05, 4.69) is 22.3 Å². The molecule has 2 fully saturated rings. The lowest BCUT2D eigenvalue weighted by Gasteiger charge is -2.29. The first kappa shape index (κ1) is 29.6. The lowest BCUT2D eigenvalue weighted by molar-refractivity contribution is -0.143. The maximum absolute atomic E-state index is 14.9. The van der Waals surface area contributed by atoms with E-state index in [0.29, 0.717) is 25.9 Å². The van der Waals surface area contributed by atoms with E-state index in [1.165, 1.54) is 12.7 Å². The van der Waals surface area contributed by atoms with E-state index in [1.807, 2.05) is 7.05 Å². The summed E-state index contributed by atoms with van der Waals surface area (Å²) in [7, 11) is 3.27. The highest BCUT2D eigenvalue weighted by Gasteiger charge is 2.49. The zero-order chi connectivity index (χ0) is 29.1. The van der Waals surface area contributed by atoms with Gasteiger partial charge in [-0.25, -0.2) is 18.2 Å². The van der Waals surface area contributed by atoms with E-state index in [9.17, 15) is 23.1 Å². The zero-order valence-electron chi connectivity index (χ0n) is 24.0. The SMILES string of the molecule is COc1c(F)cc(C(F)(F)C2CC2)cc1C(C(=O)O)N1CC[C@@H](N(C)CCCCCc2ccc3c(n2)NCCC3)C1. The molecule has 7 nitrogen and oxygen atoms in total. The molecule has 3 heterocycles. The Morgan fingerprint density at radius 1 is 1.24 bits per heavy atom. The molecule has 0 bridgehead atoms. The van der Waals surface area contributed by atoms with Crippen LogP contribution < -0.4 is 10.1 Å². The molecule has 41 heavy (non-hydrogen) atoms. The van der Waals surface area contributed by atoms with E-state index < -0.39 is 35.2 Å². The molecule has 5 rings (SSSR count). The minimum atomic E-state index is -3.20. The Hall–Kier alpha value is -2.85. The van der Waals surface area contributed by atoms with Gasteiger partial charge in [-0.3, -0.25) is 9.69 Å². The van der Waals surface area contributed by atoms with Crippen LogP contribution in [0.1, 0.15) is 73.4 Å². The molecule has 3 aliphatic rings. The Balaban J connectivity index is 1.16. The number of carboxylic acid groups (broad SMARTS) is 1. The standard InChI is InChI=1S/C31H41F3N4O3/c1-37(15-5-3-4-8-23-12-9-20-7-6-14-35-29(20)36-23)24-13-16-38(19-24)27(30(39)40)25-17-22(18-26(32)28(25)41-2)31(33,34)21-10-11-21/h9,12,17-18,21,24,27H,3-8,10-11,13-16,19H2,1-2H3,(H,35,36)(H,39,40)/t24-,27?/m1/s1. The normalized spacial score (nSPS) is 20.1. The smallest absolute Gasteiger partial charge is 0.325 e. The summed E-state index contributed by atoms with van der Waals surface area (Å²) in [6.07, 6.45) is 7.78. The molecule has 0 amide bonds. The number of alkyl halides is 2. The molecule has 2 N–H and O–H groups in total. The fraction of sp³-hybridized carbons (Fsp3) is 0.613. The van der Waals surface area contributed by atoms with Gasteiger partial charge in [-0.15, -0.1) is 0 Å². The highest BCUT2D eigenvalue weighted by molar-refractivity contribution is 5.77. The first-order valence-electron chi connectivity index (χ1n) is 14.8. The summed E-state index contributed by atoms with van der Waals surface area (Å²) in [5, 5.41) is 13.6. The number of ether oxygens (including phenoxy) is 1. The van der Waals surface area contributed by atoms with E-state index in [0.717, 1.165) is 81.7 Å². The minimum absolute atomic E-state index is 0.0513. The number of unbranched alkanes of at least 4 members (excludes halogenated alkanes) is 2. The number of nitrogens with one attached hydrogen (secondary N) is 1. The molecular formula is C31H41F3N4O3. The molecule has 0 radical (unpaired) electrons. The van der Waals surface area contributed by atoms with Crippen LogP contribution in [0.15, 0.2) is 24.3 Å². The number of aromatic nitrogens is 1. The summed E-state index contributed by atoms with van der Waals surface area (Å²) < 4.78 is 49.9. The number of rotatable bonds is 13. The summed E-state index contributed by atoms with van der Waals surface area (Å²) in [6.45, 7) is 2.77. The van der Waals surface area contributed by atoms with Crippen molar-refractivity contribution in [2.75, 3.05) is 45.7 Å². The first-order valence-corrected chi connectivity index (χ1v) is 14.8. The number of pyridine rings is 1. The van der Waals surface area contributed by atoms with Crippen LogP contribution in [0.25, 0.3) is 0 Å². The zero-order valence-corrected chi connectivity index (χ0v) is 24.0. The number of halogens is 3. The third-order valence-corrected chi connectivity index (χ3v) is 8.86. The third kappa shape index (κ3) is 6.64. The fourth-order valence-electron chi connectivity index (χ4n) is 6.29. The van der Waals surface area contributed by atoms with Crippen LogP contribution in [0.3, 0.4) is 0 Å². The topological polar surface area (TPSA) is 77.9 Å². The monoisotopic (exact) mass is 574 g/mol. The molecule has 1 aromatic heterocycles. The number of carbonyl (C=O) groups is 1. The lowest BCUT2D eigenvalue weighted by atomic mass is 9.96. The number of methoxy groups -OCH3 is 1. The second-order valence-electron chi connectivity index (χ2n) is 11.8. The molecule has 2 aliphatic heterocycles. The molecule has 1 unspecified atom stereocenters. The highest BCUT2D eigenvalue weighted by Crippen LogP contribution is 2.51. The number of likely N-dealkylation sites (N-methyl/N-ethyl adjacent to an activating group) is 1. The van der Waals surface area contributed by atoms with Gasteiger partial charge in [0, 0.05) is 48.4 Å². The molecule has 1 saturated carbocycles. The van der Waals surface area contributed by atoms with Crippen LogP contribution in [0, 0.1) is 11.7 Å². The molecule has 1 saturated heterocycles. The van der Waals surface area contributed by atoms with E-state index in [-0.39, 0.29) is 17.4 Å². The number of aliphatic carboxylic acids is 1. The summed E-state index contributed by atoms with van der Waals surface area (Å²) in [5.41, 5.74) is 1.88. The average molecular weight is 575 g/mol. The Morgan fingerprint density at radius 3 is 2.78 bits per heavy atom. The first-order chi connectivity index (χ1) is 19.7. The maximum Gasteiger partial charge on any atom is 0.325 e. The van der Waals surface area contributed by atoms with Crippen molar-refractivity contribution >= 4 is 11.8 Å². The van der Waals surface area contributed by atoms with Gasteiger partial charge < -0.3 is 20.1 Å². The Morgan fingerprint density at radius 2 is 2.05 bits per heavy atom. The summed E-state index contributed by atoms with van der Waals surface area (Å²) in [4.78, 5) is 21.2. The number of nitrogens with zero attached hydrogens (tertiary/aromatic N) is 3. The van der Waals surface area contributed by atoms with Gasteiger partial charge in [0.05, 0.1) is 7.11 Å². The predicted molar refractivity (Wildman–Crippen MR) is 151 cm³/mol. The van der Waals surface area contributed by atoms with Crippen LogP contribution >= 0.6 is 0 Å². The number of fused-ring (bicyclic) bond motifs is 1. The Bertz CT molecular complexity index is 1240. The quantitative estimate of drug-likeness (QED) is 0.300. The Kier molecular flexibility index (Phi) is 9.09. The summed E-state index contributed by atoms with van der Waals surface area (Å²) >= 11 is 0. The van der Waals surface area contributed by atoms with Gasteiger partial charge in [0.25, 0.3) is 5.92 Å². The van der Waals surface area contributed by atoms with Crippen molar-refractivity contribution in [1.82, 2.24) is 14.8 Å². The molecule has 2 aromatic rings. The van der Waals surface area contributed by atoms with Gasteiger partial charge in [-0.2, -0.15) is 0 Å². The van der Waals surface area contributed by atoms with E-state index in [1.54, 1.807) is 4.90 Å². The minimum Gasteiger partial charge on any atom is -0.493 e. The van der Waals surface area contributed by atoms with Crippen LogP contribution in [-0.2, 0) is 23.6 Å². The second kappa shape index (κ2) is 12.6. The van der Waals surface area contributed by atoms with Gasteiger partial charge in [0.2, 0.25) is 0 Å². The van der Waals surface area contributed by atoms with Crippen LogP contribution in [0.4, 0.5) is 19.0 Å². The number of hydrogen-bond donors (Lipinski definition) is 2. The van der Waals surface area contributed by atoms with Crippen molar-refractivity contribution in [3.8, 4) is 5.75 Å². The summed E-state index contributed by atoms with van der Waals surface area (Å²) in [5.74, 6) is -5.45. The van der Waals surface area contributed by atoms with Gasteiger partial charge >= 0.3 is 5.97 Å². The van der Waals surface area contributed by atoms with E-state index in [4.69, 9.17) is 9.72 Å². The summed E-state index contributed by atoms with van der Waals surface area (Å²) in [6, 6.07) is 5.10. The van der Waals surface area contributed by atoms with Crippen molar-refractivity contribution in [3.63, 3.8) is 0 Å². The van der Waals surface area contributed by atoms with Crippen LogP contribution in [0.2, 0.25) is 0 Å².